The Morgan fingerprint density at radius 3 is 2.06 bits per heavy atom. The van der Waals surface area contributed by atoms with Crippen LogP contribution in [0.4, 0.5) is 18.4 Å². The fourth-order valence-corrected chi connectivity index (χ4v) is 3.17. The first-order valence-electron chi connectivity index (χ1n) is 12.1. The number of cyclic esters (lactones) is 1. The Morgan fingerprint density at radius 1 is 1.03 bits per heavy atom. The lowest BCUT2D eigenvalue weighted by atomic mass is 10.1. The molecule has 1 aliphatic heterocycles. The van der Waals surface area contributed by atoms with E-state index < -0.39 is 73.4 Å². The molecule has 0 N–H and O–H groups in total. The Morgan fingerprint density at radius 2 is 1.58 bits per heavy atom. The van der Waals surface area contributed by atoms with Crippen LogP contribution in [0.2, 0.25) is 0 Å². The maximum atomic E-state index is 13.2. The second-order valence-corrected chi connectivity index (χ2v) is 10.5. The zero-order valence-corrected chi connectivity index (χ0v) is 22.5. The number of esters is 1. The Hall–Kier alpha value is -2.05. The van der Waals surface area contributed by atoms with Crippen molar-refractivity contribution in [1.29, 1.82) is 0 Å². The normalized spacial score (nSPS) is 23.8. The molecular formula is C24H41F2NO9. The van der Waals surface area contributed by atoms with Crippen LogP contribution in [0, 0.1) is 0 Å². The van der Waals surface area contributed by atoms with Crippen LogP contribution in [0.3, 0.4) is 0 Å². The van der Waals surface area contributed by atoms with Gasteiger partial charge in [0, 0.05) is 6.61 Å². The lowest BCUT2D eigenvalue weighted by Crippen LogP contribution is -2.54. The minimum Gasteiger partial charge on any atom is -0.458 e. The standard InChI is InChI=1S/C24H41F2NO9/c1-9-10-11-32-17-13-31-12-16(20(28)34-15(2)19(17)33-14-18(25)26)27(21(29)35-23(3,4)5)22(30)36-24(6,7)8/h15-19H,9-14H2,1-8H3/t15-,16-,17-,19-/m0/s1. The van der Waals surface area contributed by atoms with Gasteiger partial charge >= 0.3 is 18.2 Å². The van der Waals surface area contributed by atoms with Gasteiger partial charge in [0.05, 0.1) is 13.2 Å². The first-order chi connectivity index (χ1) is 16.6. The van der Waals surface area contributed by atoms with E-state index in [9.17, 15) is 23.2 Å². The molecule has 1 rings (SSSR count). The van der Waals surface area contributed by atoms with Gasteiger partial charge in [-0.25, -0.2) is 23.2 Å². The van der Waals surface area contributed by atoms with E-state index in [-0.39, 0.29) is 6.61 Å². The maximum absolute atomic E-state index is 13.2. The summed E-state index contributed by atoms with van der Waals surface area (Å²) in [5.41, 5.74) is -1.97. The lowest BCUT2D eigenvalue weighted by molar-refractivity contribution is -0.174. The van der Waals surface area contributed by atoms with Gasteiger partial charge in [-0.15, -0.1) is 0 Å². The number of hydrogen-bond donors (Lipinski definition) is 0. The molecule has 36 heavy (non-hydrogen) atoms. The summed E-state index contributed by atoms with van der Waals surface area (Å²) in [5, 5.41) is 0. The van der Waals surface area contributed by atoms with Crippen LogP contribution in [0.5, 0.6) is 0 Å². The van der Waals surface area contributed by atoms with E-state index in [0.717, 1.165) is 6.42 Å². The highest BCUT2D eigenvalue weighted by Gasteiger charge is 2.44. The predicted octanol–water partition coefficient (Wildman–Crippen LogP) is 4.32. The average Bonchev–Trinajstić information content (AvgIpc) is 2.74. The molecule has 0 aromatic heterocycles. The van der Waals surface area contributed by atoms with E-state index in [1.54, 1.807) is 41.5 Å². The zero-order valence-electron chi connectivity index (χ0n) is 22.5. The van der Waals surface area contributed by atoms with Crippen molar-refractivity contribution in [3.05, 3.63) is 0 Å². The third-order valence-electron chi connectivity index (χ3n) is 4.70. The van der Waals surface area contributed by atoms with Crippen molar-refractivity contribution < 1.29 is 51.6 Å². The monoisotopic (exact) mass is 525 g/mol. The van der Waals surface area contributed by atoms with Crippen LogP contribution in [-0.2, 0) is 33.2 Å². The Kier molecular flexibility index (Phi) is 12.5. The molecule has 0 unspecified atom stereocenters. The highest BCUT2D eigenvalue weighted by Crippen LogP contribution is 2.22. The molecule has 4 atom stereocenters. The number of imide groups is 1. The van der Waals surface area contributed by atoms with Crippen molar-refractivity contribution in [2.24, 2.45) is 0 Å². The fraction of sp³-hybridized carbons (Fsp3) is 0.875. The molecule has 10 nitrogen and oxygen atoms in total. The number of nitrogens with zero attached hydrogens (tertiary/aromatic N) is 1. The molecule has 0 bridgehead atoms. The van der Waals surface area contributed by atoms with E-state index in [2.05, 4.69) is 0 Å². The van der Waals surface area contributed by atoms with Gasteiger partial charge in [0.25, 0.3) is 6.43 Å². The maximum Gasteiger partial charge on any atom is 0.420 e. The largest absolute Gasteiger partial charge is 0.458 e. The van der Waals surface area contributed by atoms with Gasteiger partial charge in [-0.2, -0.15) is 4.90 Å². The average molecular weight is 526 g/mol. The zero-order chi connectivity index (χ0) is 27.7. The number of carbonyl (C=O) groups is 3. The van der Waals surface area contributed by atoms with Crippen LogP contribution in [0.1, 0.15) is 68.2 Å². The predicted molar refractivity (Wildman–Crippen MR) is 125 cm³/mol. The van der Waals surface area contributed by atoms with E-state index in [0.29, 0.717) is 17.9 Å². The number of amides is 2. The summed E-state index contributed by atoms with van der Waals surface area (Å²) in [6, 6.07) is -1.57. The highest BCUT2D eigenvalue weighted by molar-refractivity contribution is 5.94. The van der Waals surface area contributed by atoms with Gasteiger partial charge in [0.2, 0.25) is 0 Å². The third-order valence-corrected chi connectivity index (χ3v) is 4.70. The number of hydrogen-bond acceptors (Lipinski definition) is 9. The minimum atomic E-state index is -2.75. The number of carbonyl (C=O) groups excluding carboxylic acids is 3. The number of unbranched alkanes of at least 4 members (excludes halogenated alkanes) is 1. The smallest absolute Gasteiger partial charge is 0.420 e. The summed E-state index contributed by atoms with van der Waals surface area (Å²) in [6.07, 6.45) is -6.44. The summed E-state index contributed by atoms with van der Waals surface area (Å²) in [5.74, 6) is -1.01. The van der Waals surface area contributed by atoms with Crippen LogP contribution >= 0.6 is 0 Å². The fourth-order valence-electron chi connectivity index (χ4n) is 3.17. The molecule has 1 aliphatic rings. The number of halogens is 2. The van der Waals surface area contributed by atoms with Crippen molar-refractivity contribution >= 4 is 18.2 Å². The van der Waals surface area contributed by atoms with Gasteiger partial charge in [0.15, 0.2) is 6.04 Å². The molecule has 0 saturated carbocycles. The molecule has 0 spiro atoms. The summed E-state index contributed by atoms with van der Waals surface area (Å²) >= 11 is 0. The molecule has 210 valence electrons. The SMILES string of the molecule is CCCCO[C@H]1COC[C@H](N(C(=O)OC(C)(C)C)C(=O)OC(C)(C)C)C(=O)O[C@@H](C)[C@@H]1OCC(F)F. The molecule has 1 fully saturated rings. The molecule has 1 heterocycles. The van der Waals surface area contributed by atoms with Crippen LogP contribution in [0.15, 0.2) is 0 Å². The van der Waals surface area contributed by atoms with Gasteiger partial charge in [0.1, 0.15) is 36.1 Å². The molecule has 2 amide bonds. The van der Waals surface area contributed by atoms with E-state index in [1.807, 2.05) is 6.92 Å². The van der Waals surface area contributed by atoms with Crippen molar-refractivity contribution in [2.45, 2.75) is 110 Å². The van der Waals surface area contributed by atoms with Gasteiger partial charge in [-0.1, -0.05) is 13.3 Å². The van der Waals surface area contributed by atoms with Gasteiger partial charge < -0.3 is 28.4 Å². The lowest BCUT2D eigenvalue weighted by Gasteiger charge is -2.32. The van der Waals surface area contributed by atoms with Gasteiger partial charge in [-0.3, -0.25) is 0 Å². The molecule has 0 aromatic rings. The Bertz CT molecular complexity index is 693. The van der Waals surface area contributed by atoms with Crippen LogP contribution in [0.25, 0.3) is 0 Å². The topological polar surface area (TPSA) is 110 Å². The van der Waals surface area contributed by atoms with E-state index in [4.69, 9.17) is 28.4 Å². The van der Waals surface area contributed by atoms with Crippen molar-refractivity contribution in [1.82, 2.24) is 4.90 Å². The van der Waals surface area contributed by atoms with E-state index >= 15 is 0 Å². The Labute approximate surface area is 211 Å². The Balaban J connectivity index is 3.29. The number of alkyl halides is 2. The van der Waals surface area contributed by atoms with Crippen molar-refractivity contribution in [3.8, 4) is 0 Å². The second-order valence-electron chi connectivity index (χ2n) is 10.5. The third kappa shape index (κ3) is 11.3. The minimum absolute atomic E-state index is 0.161. The summed E-state index contributed by atoms with van der Waals surface area (Å²) < 4.78 is 58.7. The van der Waals surface area contributed by atoms with Crippen LogP contribution in [-0.4, -0.2) is 91.5 Å². The molecule has 0 aromatic carbocycles. The van der Waals surface area contributed by atoms with Gasteiger partial charge in [-0.05, 0) is 54.9 Å². The first kappa shape index (κ1) is 32.0. The summed E-state index contributed by atoms with van der Waals surface area (Å²) in [7, 11) is 0. The van der Waals surface area contributed by atoms with Crippen LogP contribution < -0.4 is 0 Å². The first-order valence-corrected chi connectivity index (χ1v) is 12.1. The molecular weight excluding hydrogens is 484 g/mol. The number of rotatable bonds is 8. The summed E-state index contributed by atoms with van der Waals surface area (Å²) in [6.45, 7) is 11.8. The van der Waals surface area contributed by atoms with Crippen molar-refractivity contribution in [3.63, 3.8) is 0 Å². The number of ether oxygens (including phenoxy) is 6. The second kappa shape index (κ2) is 14.0. The van der Waals surface area contributed by atoms with E-state index in [1.165, 1.54) is 6.92 Å². The van der Waals surface area contributed by atoms with Crippen molar-refractivity contribution in [2.75, 3.05) is 26.4 Å². The molecule has 12 heteroatoms. The summed E-state index contributed by atoms with van der Waals surface area (Å²) in [4.78, 5) is 39.6. The quantitative estimate of drug-likeness (QED) is 0.260. The molecule has 0 aliphatic carbocycles. The molecule has 1 saturated heterocycles. The highest BCUT2D eigenvalue weighted by atomic mass is 19.3. The molecule has 0 radical (unpaired) electrons.